The summed E-state index contributed by atoms with van der Waals surface area (Å²) < 4.78 is 10.7. The summed E-state index contributed by atoms with van der Waals surface area (Å²) in [5.74, 6) is 1.41. The van der Waals surface area contributed by atoms with Gasteiger partial charge in [-0.25, -0.2) is 0 Å². The van der Waals surface area contributed by atoms with Gasteiger partial charge in [0.2, 0.25) is 5.24 Å². The van der Waals surface area contributed by atoms with Crippen LogP contribution in [0.15, 0.2) is 18.2 Å². The average Bonchev–Trinajstić information content (AvgIpc) is 2.17. The summed E-state index contributed by atoms with van der Waals surface area (Å²) in [4.78, 5) is 10.7. The standard InChI is InChI=1S/C10H9ClO3/c11-10(12)6-7-1-2-8-9(5-7)14-4-3-13-8/h1-2,5H,3-4,6H2. The Kier molecular flexibility index (Phi) is 2.59. The zero-order valence-electron chi connectivity index (χ0n) is 7.46. The van der Waals surface area contributed by atoms with Crippen LogP contribution >= 0.6 is 11.6 Å². The molecule has 74 valence electrons. The van der Waals surface area contributed by atoms with E-state index >= 15 is 0 Å². The van der Waals surface area contributed by atoms with Gasteiger partial charge in [-0.05, 0) is 29.3 Å². The van der Waals surface area contributed by atoms with Gasteiger partial charge in [-0.15, -0.1) is 0 Å². The lowest BCUT2D eigenvalue weighted by Crippen LogP contribution is -2.15. The molecule has 3 nitrogen and oxygen atoms in total. The van der Waals surface area contributed by atoms with E-state index in [9.17, 15) is 4.79 Å². The highest BCUT2D eigenvalue weighted by Crippen LogP contribution is 2.30. The molecule has 0 saturated heterocycles. The van der Waals surface area contributed by atoms with E-state index in [1.165, 1.54) is 0 Å². The van der Waals surface area contributed by atoms with Crippen molar-refractivity contribution in [3.05, 3.63) is 23.8 Å². The van der Waals surface area contributed by atoms with E-state index in [2.05, 4.69) is 0 Å². The monoisotopic (exact) mass is 212 g/mol. The van der Waals surface area contributed by atoms with Gasteiger partial charge in [0.15, 0.2) is 11.5 Å². The molecule has 2 rings (SSSR count). The van der Waals surface area contributed by atoms with Crippen molar-refractivity contribution in [2.24, 2.45) is 0 Å². The Morgan fingerprint density at radius 1 is 1.29 bits per heavy atom. The van der Waals surface area contributed by atoms with Gasteiger partial charge < -0.3 is 9.47 Å². The molecule has 0 aromatic heterocycles. The molecule has 1 aliphatic rings. The summed E-state index contributed by atoms with van der Waals surface area (Å²) >= 11 is 5.28. The summed E-state index contributed by atoms with van der Waals surface area (Å²) in [6.07, 6.45) is 0.220. The van der Waals surface area contributed by atoms with Gasteiger partial charge in [0.25, 0.3) is 0 Å². The molecule has 1 aliphatic heterocycles. The van der Waals surface area contributed by atoms with Crippen LogP contribution < -0.4 is 9.47 Å². The van der Waals surface area contributed by atoms with Gasteiger partial charge in [0.1, 0.15) is 13.2 Å². The lowest BCUT2D eigenvalue weighted by Gasteiger charge is -2.18. The maximum atomic E-state index is 10.7. The molecule has 0 unspecified atom stereocenters. The third-order valence-electron chi connectivity index (χ3n) is 1.95. The number of benzene rings is 1. The molecule has 0 fully saturated rings. The Morgan fingerprint density at radius 3 is 2.71 bits per heavy atom. The van der Waals surface area contributed by atoms with Crippen molar-refractivity contribution in [2.75, 3.05) is 13.2 Å². The minimum Gasteiger partial charge on any atom is -0.486 e. The van der Waals surface area contributed by atoms with Gasteiger partial charge >= 0.3 is 0 Å². The Morgan fingerprint density at radius 2 is 2.00 bits per heavy atom. The maximum absolute atomic E-state index is 10.7. The van der Waals surface area contributed by atoms with Crippen molar-refractivity contribution in [2.45, 2.75) is 6.42 Å². The molecule has 0 N–H and O–H groups in total. The Bertz CT molecular complexity index is 362. The Labute approximate surface area is 86.6 Å². The molecule has 0 saturated carbocycles. The van der Waals surface area contributed by atoms with E-state index in [1.807, 2.05) is 6.07 Å². The van der Waals surface area contributed by atoms with E-state index < -0.39 is 0 Å². The molecule has 1 aromatic carbocycles. The van der Waals surface area contributed by atoms with Crippen LogP contribution in [0.5, 0.6) is 11.5 Å². The molecule has 4 heteroatoms. The van der Waals surface area contributed by atoms with Gasteiger partial charge in [0.05, 0.1) is 0 Å². The summed E-state index contributed by atoms with van der Waals surface area (Å²) in [5, 5.41) is -0.373. The van der Waals surface area contributed by atoms with Crippen LogP contribution in [-0.2, 0) is 11.2 Å². The van der Waals surface area contributed by atoms with Crippen LogP contribution in [0.1, 0.15) is 5.56 Å². The Balaban J connectivity index is 2.24. The summed E-state index contributed by atoms with van der Waals surface area (Å²) in [6.45, 7) is 1.12. The number of hydrogen-bond donors (Lipinski definition) is 0. The normalized spacial score (nSPS) is 13.8. The molecule has 0 aliphatic carbocycles. The van der Waals surface area contributed by atoms with Crippen molar-refractivity contribution in [1.29, 1.82) is 0 Å². The number of carbonyl (C=O) groups is 1. The van der Waals surface area contributed by atoms with E-state index in [0.29, 0.717) is 19.0 Å². The van der Waals surface area contributed by atoms with Gasteiger partial charge in [-0.3, -0.25) is 4.79 Å². The smallest absolute Gasteiger partial charge is 0.226 e. The highest BCUT2D eigenvalue weighted by molar-refractivity contribution is 6.63. The number of ether oxygens (including phenoxy) is 2. The molecular weight excluding hydrogens is 204 g/mol. The van der Waals surface area contributed by atoms with Crippen LogP contribution in [0.3, 0.4) is 0 Å². The third kappa shape index (κ3) is 1.99. The molecule has 0 radical (unpaired) electrons. The summed E-state index contributed by atoms with van der Waals surface area (Å²) in [7, 11) is 0. The molecule has 0 bridgehead atoms. The van der Waals surface area contributed by atoms with Crippen LogP contribution in [0, 0.1) is 0 Å². The largest absolute Gasteiger partial charge is 0.486 e. The second-order valence-electron chi connectivity index (χ2n) is 3.01. The second-order valence-corrected chi connectivity index (χ2v) is 3.43. The zero-order chi connectivity index (χ0) is 9.97. The highest BCUT2D eigenvalue weighted by atomic mass is 35.5. The zero-order valence-corrected chi connectivity index (χ0v) is 8.21. The first-order valence-electron chi connectivity index (χ1n) is 4.32. The first-order valence-corrected chi connectivity index (χ1v) is 4.70. The number of fused-ring (bicyclic) bond motifs is 1. The topological polar surface area (TPSA) is 35.5 Å². The fourth-order valence-corrected chi connectivity index (χ4v) is 1.51. The predicted octanol–water partition coefficient (Wildman–Crippen LogP) is 1.77. The predicted molar refractivity (Wildman–Crippen MR) is 52.0 cm³/mol. The fraction of sp³-hybridized carbons (Fsp3) is 0.300. The first-order chi connectivity index (χ1) is 6.75. The van der Waals surface area contributed by atoms with E-state index in [1.54, 1.807) is 12.1 Å². The molecule has 1 aromatic rings. The fourth-order valence-electron chi connectivity index (χ4n) is 1.36. The molecule has 0 atom stereocenters. The third-order valence-corrected chi connectivity index (χ3v) is 2.08. The lowest BCUT2D eigenvalue weighted by molar-refractivity contribution is -0.111. The number of rotatable bonds is 2. The van der Waals surface area contributed by atoms with Crippen molar-refractivity contribution in [3.8, 4) is 11.5 Å². The van der Waals surface area contributed by atoms with Gasteiger partial charge in [-0.2, -0.15) is 0 Å². The average molecular weight is 213 g/mol. The van der Waals surface area contributed by atoms with Gasteiger partial charge in [-0.1, -0.05) is 6.07 Å². The van der Waals surface area contributed by atoms with Crippen molar-refractivity contribution in [3.63, 3.8) is 0 Å². The molecular formula is C10H9ClO3. The molecule has 1 heterocycles. The van der Waals surface area contributed by atoms with E-state index in [4.69, 9.17) is 21.1 Å². The van der Waals surface area contributed by atoms with Crippen LogP contribution in [0.4, 0.5) is 0 Å². The van der Waals surface area contributed by atoms with Crippen LogP contribution in [-0.4, -0.2) is 18.5 Å². The minimum atomic E-state index is -0.373. The van der Waals surface area contributed by atoms with Crippen LogP contribution in [0.25, 0.3) is 0 Å². The lowest BCUT2D eigenvalue weighted by atomic mass is 10.1. The highest BCUT2D eigenvalue weighted by Gasteiger charge is 2.12. The molecule has 0 amide bonds. The van der Waals surface area contributed by atoms with Crippen molar-refractivity contribution >= 4 is 16.8 Å². The molecule has 0 spiro atoms. The van der Waals surface area contributed by atoms with E-state index in [-0.39, 0.29) is 11.7 Å². The van der Waals surface area contributed by atoms with Crippen LogP contribution in [0.2, 0.25) is 0 Å². The van der Waals surface area contributed by atoms with Crippen molar-refractivity contribution in [1.82, 2.24) is 0 Å². The minimum absolute atomic E-state index is 0.220. The quantitative estimate of drug-likeness (QED) is 0.701. The number of hydrogen-bond acceptors (Lipinski definition) is 3. The SMILES string of the molecule is O=C(Cl)Cc1ccc2c(c1)OCCO2. The number of halogens is 1. The summed E-state index contributed by atoms with van der Waals surface area (Å²) in [6, 6.07) is 5.40. The van der Waals surface area contributed by atoms with Gasteiger partial charge in [0, 0.05) is 6.42 Å². The van der Waals surface area contributed by atoms with E-state index in [0.717, 1.165) is 11.3 Å². The first kappa shape index (κ1) is 9.34. The Hall–Kier alpha value is -1.22. The second kappa shape index (κ2) is 3.88. The van der Waals surface area contributed by atoms with Crippen molar-refractivity contribution < 1.29 is 14.3 Å². The number of carbonyl (C=O) groups excluding carboxylic acids is 1. The summed E-state index contributed by atoms with van der Waals surface area (Å²) in [5.41, 5.74) is 0.842. The molecule has 14 heavy (non-hydrogen) atoms. The maximum Gasteiger partial charge on any atom is 0.226 e.